The molecule has 7 heteroatoms. The van der Waals surface area contributed by atoms with E-state index < -0.39 is 23.7 Å². The second kappa shape index (κ2) is 8.49. The fourth-order valence-electron chi connectivity index (χ4n) is 3.39. The molecule has 2 aromatic rings. The standard InChI is InChI=1S/C22H20ClNO5/c1-13-8-10-14(11-9-13)20(27)18-19(15-5-2-3-6-16(15)23)24(22(29)21(18)28)12-4-7-17(25)26/h2-3,5-6,8-11,19,27H,4,7,12H2,1H3,(H,25,26)/p-1/t19-/m1/s1. The van der Waals surface area contributed by atoms with Crippen molar-refractivity contribution in [2.45, 2.75) is 25.8 Å². The lowest BCUT2D eigenvalue weighted by molar-refractivity contribution is -0.305. The Morgan fingerprint density at radius 3 is 2.41 bits per heavy atom. The summed E-state index contributed by atoms with van der Waals surface area (Å²) in [6.45, 7) is 1.91. The first-order chi connectivity index (χ1) is 13.8. The van der Waals surface area contributed by atoms with Gasteiger partial charge in [0.15, 0.2) is 0 Å². The lowest BCUT2D eigenvalue weighted by atomic mass is 9.95. The number of nitrogens with zero attached hydrogens (tertiary/aromatic N) is 1. The van der Waals surface area contributed by atoms with Crippen LogP contribution in [0.1, 0.15) is 35.6 Å². The van der Waals surface area contributed by atoms with Crippen molar-refractivity contribution in [2.24, 2.45) is 0 Å². The number of likely N-dealkylation sites (tertiary alicyclic amines) is 1. The lowest BCUT2D eigenvalue weighted by Crippen LogP contribution is -2.32. The molecule has 6 nitrogen and oxygen atoms in total. The predicted octanol–water partition coefficient (Wildman–Crippen LogP) is 2.60. The summed E-state index contributed by atoms with van der Waals surface area (Å²) >= 11 is 6.33. The van der Waals surface area contributed by atoms with Gasteiger partial charge >= 0.3 is 0 Å². The number of rotatable bonds is 6. The first-order valence-corrected chi connectivity index (χ1v) is 9.48. The Labute approximate surface area is 173 Å². The molecule has 29 heavy (non-hydrogen) atoms. The molecule has 1 heterocycles. The van der Waals surface area contributed by atoms with E-state index in [9.17, 15) is 24.6 Å². The number of aliphatic hydroxyl groups is 1. The Morgan fingerprint density at radius 1 is 1.14 bits per heavy atom. The van der Waals surface area contributed by atoms with Crippen LogP contribution in [0.5, 0.6) is 0 Å². The summed E-state index contributed by atoms with van der Waals surface area (Å²) < 4.78 is 0. The van der Waals surface area contributed by atoms with E-state index in [-0.39, 0.29) is 30.7 Å². The quantitative estimate of drug-likeness (QED) is 0.446. The van der Waals surface area contributed by atoms with E-state index in [2.05, 4.69) is 0 Å². The van der Waals surface area contributed by atoms with Crippen LogP contribution in [0.3, 0.4) is 0 Å². The molecule has 3 rings (SSSR count). The SMILES string of the molecule is Cc1ccc(C(O)=C2C(=O)C(=O)N(CCCC(=O)[O-])[C@@H]2c2ccccc2Cl)cc1. The Balaban J connectivity index is 2.12. The number of aliphatic carboxylic acids is 1. The van der Waals surface area contributed by atoms with Crippen molar-refractivity contribution in [1.29, 1.82) is 0 Å². The van der Waals surface area contributed by atoms with Crippen LogP contribution in [0.25, 0.3) is 5.76 Å². The van der Waals surface area contributed by atoms with Crippen LogP contribution in [-0.2, 0) is 14.4 Å². The normalized spacial score (nSPS) is 18.3. The summed E-state index contributed by atoms with van der Waals surface area (Å²) in [5.41, 5.74) is 1.79. The third kappa shape index (κ3) is 4.17. The fourth-order valence-corrected chi connectivity index (χ4v) is 3.63. The number of aryl methyl sites for hydroxylation is 1. The molecule has 0 aliphatic carbocycles. The second-order valence-corrected chi connectivity index (χ2v) is 7.26. The van der Waals surface area contributed by atoms with Crippen LogP contribution >= 0.6 is 11.6 Å². The van der Waals surface area contributed by atoms with Crippen molar-refractivity contribution in [1.82, 2.24) is 4.90 Å². The number of hydrogen-bond donors (Lipinski definition) is 1. The number of ketones is 1. The summed E-state index contributed by atoms with van der Waals surface area (Å²) in [6, 6.07) is 12.7. The first-order valence-electron chi connectivity index (χ1n) is 9.11. The minimum Gasteiger partial charge on any atom is -0.550 e. The number of amides is 1. The average Bonchev–Trinajstić information content (AvgIpc) is 2.93. The number of carboxylic acid groups (broad SMARTS) is 1. The number of carbonyl (C=O) groups is 3. The smallest absolute Gasteiger partial charge is 0.295 e. The Morgan fingerprint density at radius 2 is 1.79 bits per heavy atom. The van der Waals surface area contributed by atoms with Gasteiger partial charge in [0.05, 0.1) is 11.6 Å². The van der Waals surface area contributed by atoms with Crippen molar-refractivity contribution in [3.05, 3.63) is 75.8 Å². The van der Waals surface area contributed by atoms with E-state index in [1.54, 1.807) is 48.5 Å². The van der Waals surface area contributed by atoms with Crippen molar-refractivity contribution in [2.75, 3.05) is 6.54 Å². The van der Waals surface area contributed by atoms with Crippen molar-refractivity contribution < 1.29 is 24.6 Å². The summed E-state index contributed by atoms with van der Waals surface area (Å²) in [5, 5.41) is 22.0. The molecule has 1 fully saturated rings. The highest BCUT2D eigenvalue weighted by atomic mass is 35.5. The molecule has 1 amide bonds. The summed E-state index contributed by atoms with van der Waals surface area (Å²) in [4.78, 5) is 37.5. The van der Waals surface area contributed by atoms with Gasteiger partial charge in [-0.25, -0.2) is 0 Å². The zero-order valence-corrected chi connectivity index (χ0v) is 16.5. The maximum atomic E-state index is 12.8. The van der Waals surface area contributed by atoms with Gasteiger partial charge in [0.2, 0.25) is 0 Å². The zero-order chi connectivity index (χ0) is 21.1. The third-order valence-corrected chi connectivity index (χ3v) is 5.19. The number of benzene rings is 2. The van der Waals surface area contributed by atoms with Crippen LogP contribution in [0, 0.1) is 6.92 Å². The van der Waals surface area contributed by atoms with Gasteiger partial charge in [-0.15, -0.1) is 0 Å². The molecule has 150 valence electrons. The highest BCUT2D eigenvalue weighted by Crippen LogP contribution is 2.41. The first kappa shape index (κ1) is 20.6. The van der Waals surface area contributed by atoms with Gasteiger partial charge in [0.25, 0.3) is 11.7 Å². The maximum Gasteiger partial charge on any atom is 0.295 e. The van der Waals surface area contributed by atoms with Crippen molar-refractivity contribution in [3.63, 3.8) is 0 Å². The minimum atomic E-state index is -1.24. The van der Waals surface area contributed by atoms with Crippen LogP contribution in [0.15, 0.2) is 54.1 Å². The van der Waals surface area contributed by atoms with E-state index in [0.29, 0.717) is 16.1 Å². The number of carboxylic acids is 1. The molecule has 0 aromatic heterocycles. The van der Waals surface area contributed by atoms with E-state index in [0.717, 1.165) is 5.56 Å². The molecule has 0 unspecified atom stereocenters. The predicted molar refractivity (Wildman–Crippen MR) is 106 cm³/mol. The van der Waals surface area contributed by atoms with E-state index in [4.69, 9.17) is 11.6 Å². The maximum absolute atomic E-state index is 12.8. The van der Waals surface area contributed by atoms with Gasteiger partial charge in [-0.3, -0.25) is 9.59 Å². The van der Waals surface area contributed by atoms with Gasteiger partial charge in [-0.2, -0.15) is 0 Å². The second-order valence-electron chi connectivity index (χ2n) is 6.86. The van der Waals surface area contributed by atoms with Crippen molar-refractivity contribution in [3.8, 4) is 0 Å². The molecule has 1 aliphatic rings. The molecule has 1 atom stereocenters. The van der Waals surface area contributed by atoms with Crippen molar-refractivity contribution >= 4 is 35.0 Å². The van der Waals surface area contributed by atoms with Crippen LogP contribution < -0.4 is 5.11 Å². The molecule has 1 saturated heterocycles. The monoisotopic (exact) mass is 412 g/mol. The average molecular weight is 413 g/mol. The number of halogens is 1. The van der Waals surface area contributed by atoms with Gasteiger partial charge in [0, 0.05) is 23.1 Å². The van der Waals surface area contributed by atoms with Crippen LogP contribution in [0.2, 0.25) is 5.02 Å². The molecule has 1 N–H and O–H groups in total. The zero-order valence-electron chi connectivity index (χ0n) is 15.7. The van der Waals surface area contributed by atoms with E-state index in [1.807, 2.05) is 6.92 Å². The molecule has 1 aliphatic heterocycles. The Bertz CT molecular complexity index is 997. The minimum absolute atomic E-state index is 0.0130. The van der Waals surface area contributed by atoms with E-state index in [1.165, 1.54) is 4.90 Å². The highest BCUT2D eigenvalue weighted by molar-refractivity contribution is 6.47. The Hall–Kier alpha value is -3.12. The Kier molecular flexibility index (Phi) is 6.03. The van der Waals surface area contributed by atoms with Gasteiger partial charge in [-0.05, 0) is 31.4 Å². The number of carbonyl (C=O) groups excluding carboxylic acids is 3. The largest absolute Gasteiger partial charge is 0.550 e. The number of aliphatic hydroxyl groups excluding tert-OH is 1. The van der Waals surface area contributed by atoms with Gasteiger partial charge < -0.3 is 19.9 Å². The molecular formula is C22H19ClNO5-. The molecule has 2 aromatic carbocycles. The fraction of sp³-hybridized carbons (Fsp3) is 0.227. The van der Waals surface area contributed by atoms with Crippen LogP contribution in [-0.4, -0.2) is 34.2 Å². The van der Waals surface area contributed by atoms with Gasteiger partial charge in [0.1, 0.15) is 5.76 Å². The summed E-state index contributed by atoms with van der Waals surface area (Å²) in [6.07, 6.45) is -0.142. The van der Waals surface area contributed by atoms with Crippen LogP contribution in [0.4, 0.5) is 0 Å². The molecular weight excluding hydrogens is 394 g/mol. The highest BCUT2D eigenvalue weighted by Gasteiger charge is 2.46. The summed E-state index contributed by atoms with van der Waals surface area (Å²) in [5.74, 6) is -3.17. The molecule has 0 radical (unpaired) electrons. The third-order valence-electron chi connectivity index (χ3n) is 4.84. The van der Waals surface area contributed by atoms with E-state index >= 15 is 0 Å². The number of Topliss-reactive ketones (excluding diaryl/α,β-unsaturated/α-hetero) is 1. The van der Waals surface area contributed by atoms with Gasteiger partial charge in [-0.1, -0.05) is 59.6 Å². The topological polar surface area (TPSA) is 97.7 Å². The lowest BCUT2D eigenvalue weighted by Gasteiger charge is -2.26. The molecule has 0 saturated carbocycles. The summed E-state index contributed by atoms with van der Waals surface area (Å²) in [7, 11) is 0. The number of hydrogen-bond acceptors (Lipinski definition) is 5. The molecule has 0 bridgehead atoms. The molecule has 0 spiro atoms.